The van der Waals surface area contributed by atoms with E-state index in [9.17, 15) is 9.59 Å². The van der Waals surface area contributed by atoms with E-state index in [4.69, 9.17) is 9.15 Å². The largest absolute Gasteiger partial charge is 0.482 e. The summed E-state index contributed by atoms with van der Waals surface area (Å²) in [6.07, 6.45) is 0.769. The number of para-hydroxylation sites is 2. The molecule has 9 heteroatoms. The summed E-state index contributed by atoms with van der Waals surface area (Å²) in [7, 11) is 0. The standard InChI is InChI=1S/C20H20N4O4S/c1-2-9-23(11-17-21-22-20(28-17)16-8-5-10-29-16)18(25)12-24-14-6-3-4-7-15(14)27-13-19(24)26/h3-8,10H,2,9,11-13H2,1H3. The van der Waals surface area contributed by atoms with Gasteiger partial charge < -0.3 is 14.1 Å². The van der Waals surface area contributed by atoms with Gasteiger partial charge in [-0.3, -0.25) is 14.5 Å². The van der Waals surface area contributed by atoms with E-state index in [1.165, 1.54) is 16.2 Å². The number of fused-ring (bicyclic) bond motifs is 1. The molecule has 0 fully saturated rings. The predicted octanol–water partition coefficient (Wildman–Crippen LogP) is 2.96. The van der Waals surface area contributed by atoms with Gasteiger partial charge in [-0.15, -0.1) is 21.5 Å². The van der Waals surface area contributed by atoms with Crippen LogP contribution in [0.1, 0.15) is 19.2 Å². The molecule has 0 unspecified atom stereocenters. The van der Waals surface area contributed by atoms with E-state index in [0.29, 0.717) is 29.8 Å². The molecule has 0 bridgehead atoms. The Hall–Kier alpha value is -3.20. The number of carbonyl (C=O) groups is 2. The maximum Gasteiger partial charge on any atom is 0.265 e. The fraction of sp³-hybridized carbons (Fsp3) is 0.300. The highest BCUT2D eigenvalue weighted by Gasteiger charge is 2.29. The SMILES string of the molecule is CCCN(Cc1nnc(-c2cccs2)o1)C(=O)CN1C(=O)COc2ccccc21. The van der Waals surface area contributed by atoms with E-state index >= 15 is 0 Å². The van der Waals surface area contributed by atoms with E-state index in [1.54, 1.807) is 17.0 Å². The molecule has 150 valence electrons. The molecule has 0 saturated carbocycles. The Labute approximate surface area is 171 Å². The molecule has 0 spiro atoms. The number of amides is 2. The summed E-state index contributed by atoms with van der Waals surface area (Å²) in [5.74, 6) is 0.971. The van der Waals surface area contributed by atoms with Crippen LogP contribution in [0.25, 0.3) is 10.8 Å². The van der Waals surface area contributed by atoms with Crippen molar-refractivity contribution in [2.45, 2.75) is 19.9 Å². The number of benzene rings is 1. The Morgan fingerprint density at radius 3 is 2.90 bits per heavy atom. The number of ether oxygens (including phenoxy) is 1. The number of thiophene rings is 1. The predicted molar refractivity (Wildman–Crippen MR) is 108 cm³/mol. The summed E-state index contributed by atoms with van der Waals surface area (Å²) >= 11 is 1.51. The van der Waals surface area contributed by atoms with Crippen LogP contribution in [0.2, 0.25) is 0 Å². The van der Waals surface area contributed by atoms with Gasteiger partial charge in [0.05, 0.1) is 17.1 Å². The fourth-order valence-corrected chi connectivity index (χ4v) is 3.75. The van der Waals surface area contributed by atoms with Gasteiger partial charge in [-0.05, 0) is 30.0 Å². The first-order chi connectivity index (χ1) is 14.2. The van der Waals surface area contributed by atoms with Crippen molar-refractivity contribution < 1.29 is 18.7 Å². The summed E-state index contributed by atoms with van der Waals surface area (Å²) in [4.78, 5) is 29.3. The third kappa shape index (κ3) is 4.14. The lowest BCUT2D eigenvalue weighted by Gasteiger charge is -2.30. The lowest BCUT2D eigenvalue weighted by Crippen LogP contribution is -2.46. The highest BCUT2D eigenvalue weighted by atomic mass is 32.1. The average Bonchev–Trinajstić information content (AvgIpc) is 3.41. The second kappa shape index (κ2) is 8.44. The minimum atomic E-state index is -0.244. The van der Waals surface area contributed by atoms with Crippen LogP contribution in [-0.2, 0) is 16.1 Å². The number of rotatable bonds is 7. The van der Waals surface area contributed by atoms with Crippen molar-refractivity contribution in [3.63, 3.8) is 0 Å². The van der Waals surface area contributed by atoms with Crippen LogP contribution in [0, 0.1) is 0 Å². The number of hydrogen-bond donors (Lipinski definition) is 0. The summed E-state index contributed by atoms with van der Waals surface area (Å²) < 4.78 is 11.2. The van der Waals surface area contributed by atoms with E-state index in [-0.39, 0.29) is 31.5 Å². The van der Waals surface area contributed by atoms with Gasteiger partial charge in [0.15, 0.2) is 6.61 Å². The van der Waals surface area contributed by atoms with Gasteiger partial charge in [-0.1, -0.05) is 25.1 Å². The van der Waals surface area contributed by atoms with Gasteiger partial charge in [-0.2, -0.15) is 0 Å². The minimum absolute atomic E-state index is 0.0644. The van der Waals surface area contributed by atoms with Crippen LogP contribution < -0.4 is 9.64 Å². The molecule has 8 nitrogen and oxygen atoms in total. The Balaban J connectivity index is 1.49. The third-order valence-electron chi connectivity index (χ3n) is 4.47. The lowest BCUT2D eigenvalue weighted by molar-refractivity contribution is -0.132. The van der Waals surface area contributed by atoms with E-state index in [0.717, 1.165) is 11.3 Å². The highest BCUT2D eigenvalue weighted by Crippen LogP contribution is 2.31. The molecule has 3 heterocycles. The molecule has 1 aliphatic rings. The van der Waals surface area contributed by atoms with E-state index in [2.05, 4.69) is 10.2 Å². The Bertz CT molecular complexity index is 1000. The quantitative estimate of drug-likeness (QED) is 0.593. The zero-order valence-electron chi connectivity index (χ0n) is 15.9. The Morgan fingerprint density at radius 2 is 2.10 bits per heavy atom. The molecular weight excluding hydrogens is 392 g/mol. The van der Waals surface area contributed by atoms with Gasteiger partial charge >= 0.3 is 0 Å². The molecule has 1 aliphatic heterocycles. The molecule has 4 rings (SSSR count). The van der Waals surface area contributed by atoms with Crippen molar-refractivity contribution in [2.75, 3.05) is 24.6 Å². The number of anilines is 1. The average molecular weight is 412 g/mol. The van der Waals surface area contributed by atoms with Crippen molar-refractivity contribution in [1.29, 1.82) is 0 Å². The van der Waals surface area contributed by atoms with E-state index < -0.39 is 0 Å². The van der Waals surface area contributed by atoms with Gasteiger partial charge in [0.1, 0.15) is 12.3 Å². The summed E-state index contributed by atoms with van der Waals surface area (Å²) in [5.41, 5.74) is 0.603. The van der Waals surface area contributed by atoms with Crippen molar-refractivity contribution in [3.05, 3.63) is 47.7 Å². The maximum atomic E-state index is 13.0. The maximum absolute atomic E-state index is 13.0. The lowest BCUT2D eigenvalue weighted by atomic mass is 10.2. The normalized spacial score (nSPS) is 13.1. The number of nitrogens with zero attached hydrogens (tertiary/aromatic N) is 4. The molecule has 1 aromatic carbocycles. The number of carbonyl (C=O) groups excluding carboxylic acids is 2. The first kappa shape index (κ1) is 19.1. The molecule has 2 amide bonds. The van der Waals surface area contributed by atoms with Crippen LogP contribution in [-0.4, -0.2) is 46.6 Å². The fourth-order valence-electron chi connectivity index (χ4n) is 3.11. The molecule has 0 aliphatic carbocycles. The zero-order chi connectivity index (χ0) is 20.2. The first-order valence-corrected chi connectivity index (χ1v) is 10.2. The summed E-state index contributed by atoms with van der Waals surface area (Å²) in [6.45, 7) is 2.57. The van der Waals surface area contributed by atoms with Crippen molar-refractivity contribution in [2.24, 2.45) is 0 Å². The van der Waals surface area contributed by atoms with Crippen LogP contribution in [0.5, 0.6) is 5.75 Å². The molecule has 29 heavy (non-hydrogen) atoms. The van der Waals surface area contributed by atoms with Crippen molar-refractivity contribution >= 4 is 28.8 Å². The van der Waals surface area contributed by atoms with Crippen molar-refractivity contribution in [3.8, 4) is 16.5 Å². The van der Waals surface area contributed by atoms with Gasteiger partial charge in [0.25, 0.3) is 11.8 Å². The van der Waals surface area contributed by atoms with Crippen LogP contribution in [0.4, 0.5) is 5.69 Å². The van der Waals surface area contributed by atoms with Gasteiger partial charge in [-0.25, -0.2) is 0 Å². The molecular formula is C20H20N4O4S. The monoisotopic (exact) mass is 412 g/mol. The number of hydrogen-bond acceptors (Lipinski definition) is 7. The molecule has 0 radical (unpaired) electrons. The van der Waals surface area contributed by atoms with Gasteiger partial charge in [0.2, 0.25) is 11.8 Å². The van der Waals surface area contributed by atoms with Crippen LogP contribution in [0.15, 0.2) is 46.2 Å². The van der Waals surface area contributed by atoms with E-state index in [1.807, 2.05) is 36.6 Å². The first-order valence-electron chi connectivity index (χ1n) is 9.32. The van der Waals surface area contributed by atoms with Gasteiger partial charge in [0, 0.05) is 6.54 Å². The molecule has 0 atom stereocenters. The molecule has 3 aromatic rings. The molecule has 0 N–H and O–H groups in total. The molecule has 2 aromatic heterocycles. The molecule has 0 saturated heterocycles. The minimum Gasteiger partial charge on any atom is -0.482 e. The second-order valence-electron chi connectivity index (χ2n) is 6.53. The van der Waals surface area contributed by atoms with Crippen molar-refractivity contribution in [1.82, 2.24) is 15.1 Å². The van der Waals surface area contributed by atoms with Crippen LogP contribution >= 0.6 is 11.3 Å². The summed E-state index contributed by atoms with van der Waals surface area (Å²) in [5, 5.41) is 10.1. The number of aromatic nitrogens is 2. The topological polar surface area (TPSA) is 88.8 Å². The zero-order valence-corrected chi connectivity index (χ0v) is 16.7. The second-order valence-corrected chi connectivity index (χ2v) is 7.48. The smallest absolute Gasteiger partial charge is 0.265 e. The van der Waals surface area contributed by atoms with Crippen LogP contribution in [0.3, 0.4) is 0 Å². The third-order valence-corrected chi connectivity index (χ3v) is 5.33. The highest BCUT2D eigenvalue weighted by molar-refractivity contribution is 7.13. The Kier molecular flexibility index (Phi) is 5.57. The summed E-state index contributed by atoms with van der Waals surface area (Å²) in [6, 6.07) is 11.0. The Morgan fingerprint density at radius 1 is 1.24 bits per heavy atom.